The van der Waals surface area contributed by atoms with Crippen LogP contribution >= 0.6 is 11.8 Å². The fourth-order valence-electron chi connectivity index (χ4n) is 2.63. The molecule has 1 aliphatic rings. The molecule has 9 heteroatoms. The summed E-state index contributed by atoms with van der Waals surface area (Å²) in [7, 11) is 0. The minimum atomic E-state index is -1.13. The van der Waals surface area contributed by atoms with Crippen LogP contribution in [0.15, 0.2) is 11.8 Å². The van der Waals surface area contributed by atoms with Gasteiger partial charge in [0.05, 0.1) is 12.5 Å². The topological polar surface area (TPSA) is 120 Å². The van der Waals surface area contributed by atoms with Crippen molar-refractivity contribution in [3.63, 3.8) is 0 Å². The summed E-state index contributed by atoms with van der Waals surface area (Å²) in [6, 6.07) is 0.770. The van der Waals surface area contributed by atoms with Gasteiger partial charge in [-0.05, 0) is 38.2 Å². The van der Waals surface area contributed by atoms with Crippen LogP contribution < -0.4 is 5.32 Å². The molecule has 0 saturated carbocycles. The second-order valence-corrected chi connectivity index (χ2v) is 6.87. The molecule has 144 valence electrons. The van der Waals surface area contributed by atoms with Gasteiger partial charge in [-0.25, -0.2) is 4.79 Å². The highest BCUT2D eigenvalue weighted by molar-refractivity contribution is 7.98. The summed E-state index contributed by atoms with van der Waals surface area (Å²) in [5, 5.41) is 20.8. The van der Waals surface area contributed by atoms with Crippen LogP contribution in [0.25, 0.3) is 0 Å². The number of hydrogen-bond acceptors (Lipinski definition) is 7. The summed E-state index contributed by atoms with van der Waals surface area (Å²) in [4.78, 5) is 37.1. The maximum atomic E-state index is 12.3. The largest absolute Gasteiger partial charge is 0.480 e. The van der Waals surface area contributed by atoms with Gasteiger partial charge in [-0.15, -0.1) is 0 Å². The van der Waals surface area contributed by atoms with Crippen molar-refractivity contribution < 1.29 is 24.2 Å². The number of likely N-dealkylation sites (tertiary alicyclic amines) is 1. The molecule has 1 saturated heterocycles. The van der Waals surface area contributed by atoms with E-state index in [4.69, 9.17) is 4.74 Å². The highest BCUT2D eigenvalue weighted by Crippen LogP contribution is 2.19. The smallest absolute Gasteiger partial charge is 0.326 e. The lowest BCUT2D eigenvalue weighted by Gasteiger charge is -2.30. The Hall–Kier alpha value is -2.21. The lowest BCUT2D eigenvalue weighted by molar-refractivity contribution is -0.149. The Morgan fingerprint density at radius 1 is 1.50 bits per heavy atom. The molecule has 0 aromatic rings. The van der Waals surface area contributed by atoms with Gasteiger partial charge in [0.25, 0.3) is 5.91 Å². The van der Waals surface area contributed by atoms with Crippen LogP contribution in [0.4, 0.5) is 0 Å². The minimum Gasteiger partial charge on any atom is -0.480 e. The normalized spacial score (nSPS) is 18.6. The van der Waals surface area contributed by atoms with Crippen molar-refractivity contribution in [2.75, 3.05) is 31.7 Å². The van der Waals surface area contributed by atoms with Gasteiger partial charge in [0, 0.05) is 19.3 Å². The number of nitrogens with zero attached hydrogens (tertiary/aromatic N) is 2. The van der Waals surface area contributed by atoms with Crippen molar-refractivity contribution in [1.82, 2.24) is 10.2 Å². The molecule has 8 nitrogen and oxygen atoms in total. The van der Waals surface area contributed by atoms with Crippen LogP contribution in [-0.2, 0) is 19.1 Å². The minimum absolute atomic E-state index is 0.176. The van der Waals surface area contributed by atoms with Crippen LogP contribution in [0.3, 0.4) is 0 Å². The number of carboxylic acids is 1. The van der Waals surface area contributed by atoms with Crippen molar-refractivity contribution in [3.05, 3.63) is 11.8 Å². The third kappa shape index (κ3) is 6.96. The fourth-order valence-corrected chi connectivity index (χ4v) is 3.10. The number of rotatable bonds is 9. The highest BCUT2D eigenvalue weighted by atomic mass is 32.2. The molecular formula is C17H25N3O5S. The molecular weight excluding hydrogens is 358 g/mol. The number of hydrogen-bond donors (Lipinski definition) is 2. The Labute approximate surface area is 157 Å². The van der Waals surface area contributed by atoms with Crippen LogP contribution in [0.5, 0.6) is 0 Å². The Kier molecular flexibility index (Phi) is 9.58. The van der Waals surface area contributed by atoms with Crippen LogP contribution in [0, 0.1) is 17.2 Å². The first-order valence-electron chi connectivity index (χ1n) is 8.48. The summed E-state index contributed by atoms with van der Waals surface area (Å²) >= 11 is 1.48. The molecule has 0 aromatic heterocycles. The summed E-state index contributed by atoms with van der Waals surface area (Å²) in [6.45, 7) is 3.03. The van der Waals surface area contributed by atoms with Gasteiger partial charge in [0.2, 0.25) is 0 Å². The number of nitrogens with one attached hydrogen (secondary N) is 1. The first-order chi connectivity index (χ1) is 12.4. The molecule has 1 aliphatic heterocycles. The van der Waals surface area contributed by atoms with Crippen LogP contribution in [0.1, 0.15) is 26.2 Å². The van der Waals surface area contributed by atoms with E-state index in [1.54, 1.807) is 11.8 Å². The second kappa shape index (κ2) is 11.4. The average molecular weight is 383 g/mol. The zero-order valence-electron chi connectivity index (χ0n) is 15.1. The first-order valence-corrected chi connectivity index (χ1v) is 9.87. The lowest BCUT2D eigenvalue weighted by atomic mass is 9.98. The van der Waals surface area contributed by atoms with Crippen molar-refractivity contribution in [3.8, 4) is 6.07 Å². The molecule has 2 atom stereocenters. The summed E-state index contributed by atoms with van der Waals surface area (Å²) in [5.41, 5.74) is -0.176. The lowest BCUT2D eigenvalue weighted by Crippen LogP contribution is -2.42. The number of amides is 1. The van der Waals surface area contributed by atoms with E-state index in [9.17, 15) is 24.8 Å². The molecule has 2 N–H and O–H groups in total. The molecule has 1 amide bonds. The molecule has 0 spiro atoms. The van der Waals surface area contributed by atoms with E-state index < -0.39 is 17.9 Å². The second-order valence-electron chi connectivity index (χ2n) is 5.89. The van der Waals surface area contributed by atoms with E-state index in [2.05, 4.69) is 5.32 Å². The maximum absolute atomic E-state index is 12.3. The maximum Gasteiger partial charge on any atom is 0.326 e. The number of nitriles is 1. The Morgan fingerprint density at radius 2 is 2.23 bits per heavy atom. The quantitative estimate of drug-likeness (QED) is 0.344. The number of ether oxygens (including phenoxy) is 1. The molecule has 1 fully saturated rings. The number of thioether (sulfide) groups is 1. The van der Waals surface area contributed by atoms with E-state index in [1.165, 1.54) is 18.0 Å². The number of aliphatic carboxylic acids is 1. The monoisotopic (exact) mass is 383 g/mol. The van der Waals surface area contributed by atoms with Crippen molar-refractivity contribution in [1.29, 1.82) is 5.26 Å². The third-order valence-corrected chi connectivity index (χ3v) is 4.61. The number of carbonyl (C=O) groups excluding carboxylic acids is 2. The van der Waals surface area contributed by atoms with Crippen molar-refractivity contribution in [2.45, 2.75) is 32.2 Å². The molecule has 0 bridgehead atoms. The van der Waals surface area contributed by atoms with Crippen LogP contribution in [-0.4, -0.2) is 65.6 Å². The Morgan fingerprint density at radius 3 is 2.81 bits per heavy atom. The van der Waals surface area contributed by atoms with E-state index in [0.29, 0.717) is 31.9 Å². The van der Waals surface area contributed by atoms with Gasteiger partial charge in [-0.1, -0.05) is 0 Å². The van der Waals surface area contributed by atoms with E-state index >= 15 is 0 Å². The molecule has 1 heterocycles. The van der Waals surface area contributed by atoms with Gasteiger partial charge >= 0.3 is 11.9 Å². The highest BCUT2D eigenvalue weighted by Gasteiger charge is 2.27. The zero-order chi connectivity index (χ0) is 19.5. The number of esters is 1. The van der Waals surface area contributed by atoms with Crippen molar-refractivity contribution >= 4 is 29.6 Å². The molecule has 0 aliphatic carbocycles. The SMILES string of the molecule is CCOC(=O)C1CCCN(/C=C(/C#N)C(=O)NC(CCSC)C(=O)O)C1. The number of carbonyl (C=O) groups is 3. The fraction of sp³-hybridized carbons (Fsp3) is 0.647. The zero-order valence-corrected chi connectivity index (χ0v) is 15.9. The summed E-state index contributed by atoms with van der Waals surface area (Å²) in [5.74, 6) is -1.85. The van der Waals surface area contributed by atoms with Gasteiger partial charge in [-0.2, -0.15) is 17.0 Å². The van der Waals surface area contributed by atoms with Gasteiger partial charge in [0.15, 0.2) is 0 Å². The predicted octanol–water partition coefficient (Wildman–Crippen LogP) is 0.991. The number of carboxylic acid groups (broad SMARTS) is 1. The summed E-state index contributed by atoms with van der Waals surface area (Å²) < 4.78 is 5.03. The van der Waals surface area contributed by atoms with E-state index in [1.807, 2.05) is 12.3 Å². The van der Waals surface area contributed by atoms with Gasteiger partial charge in [0.1, 0.15) is 17.7 Å². The predicted molar refractivity (Wildman–Crippen MR) is 97.2 cm³/mol. The average Bonchev–Trinajstić information content (AvgIpc) is 2.63. The Balaban J connectivity index is 2.76. The third-order valence-electron chi connectivity index (χ3n) is 3.96. The number of piperidine rings is 1. The summed E-state index contributed by atoms with van der Waals surface area (Å²) in [6.07, 6.45) is 4.96. The van der Waals surface area contributed by atoms with Crippen LogP contribution in [0.2, 0.25) is 0 Å². The molecule has 0 aromatic carbocycles. The molecule has 2 unspecified atom stereocenters. The molecule has 0 radical (unpaired) electrons. The first kappa shape index (κ1) is 21.8. The van der Waals surface area contributed by atoms with E-state index in [0.717, 1.165) is 6.42 Å². The van der Waals surface area contributed by atoms with E-state index in [-0.39, 0.29) is 23.9 Å². The van der Waals surface area contributed by atoms with Gasteiger partial charge in [-0.3, -0.25) is 9.59 Å². The van der Waals surface area contributed by atoms with Crippen molar-refractivity contribution in [2.24, 2.45) is 5.92 Å². The molecule has 26 heavy (non-hydrogen) atoms. The standard InChI is InChI=1S/C17H25N3O5S/c1-3-25-17(24)12-5-4-7-20(10-12)11-13(9-18)15(21)19-14(16(22)23)6-8-26-2/h11-12,14H,3-8,10H2,1-2H3,(H,19,21)(H,22,23)/b13-11-. The van der Waals surface area contributed by atoms with Gasteiger partial charge < -0.3 is 20.1 Å². The molecule has 1 rings (SSSR count). The Bertz CT molecular complexity index is 587.